The van der Waals surface area contributed by atoms with Gasteiger partial charge in [0.15, 0.2) is 0 Å². The van der Waals surface area contributed by atoms with Gasteiger partial charge in [0.25, 0.3) is 11.8 Å². The molecule has 29 heavy (non-hydrogen) atoms. The second-order valence-electron chi connectivity index (χ2n) is 7.85. The third-order valence-corrected chi connectivity index (χ3v) is 5.59. The Bertz CT molecular complexity index is 757. The summed E-state index contributed by atoms with van der Waals surface area (Å²) in [6, 6.07) is 7.44. The summed E-state index contributed by atoms with van der Waals surface area (Å²) in [4.78, 5) is 29.8. The van der Waals surface area contributed by atoms with E-state index in [1.54, 1.807) is 0 Å². The fourth-order valence-corrected chi connectivity index (χ4v) is 3.99. The number of carbonyl (C=O) groups excluding carboxylic acids is 2. The summed E-state index contributed by atoms with van der Waals surface area (Å²) in [7, 11) is 0. The molecule has 0 aliphatic carbocycles. The molecule has 3 rings (SSSR count). The van der Waals surface area contributed by atoms with Crippen molar-refractivity contribution in [3.63, 3.8) is 0 Å². The summed E-state index contributed by atoms with van der Waals surface area (Å²) in [5, 5.41) is 9.60. The Morgan fingerprint density at radius 2 is 1.86 bits per heavy atom. The quantitative estimate of drug-likeness (QED) is 0.645. The predicted octanol–water partition coefficient (Wildman–Crippen LogP) is 3.06. The van der Waals surface area contributed by atoms with Crippen molar-refractivity contribution in [2.75, 3.05) is 32.8 Å². The highest BCUT2D eigenvalue weighted by atomic mass is 16.5. The van der Waals surface area contributed by atoms with Gasteiger partial charge in [-0.2, -0.15) is 0 Å². The lowest BCUT2D eigenvalue weighted by atomic mass is 9.97. The van der Waals surface area contributed by atoms with Gasteiger partial charge in [-0.1, -0.05) is 32.4 Å². The number of aliphatic hydroxyl groups excluding tert-OH is 1. The van der Waals surface area contributed by atoms with Gasteiger partial charge < -0.3 is 14.7 Å². The largest absolute Gasteiger partial charge is 0.494 e. The van der Waals surface area contributed by atoms with E-state index in [-0.39, 0.29) is 24.3 Å². The zero-order valence-corrected chi connectivity index (χ0v) is 17.5. The van der Waals surface area contributed by atoms with Gasteiger partial charge in [-0.25, -0.2) is 0 Å². The van der Waals surface area contributed by atoms with Gasteiger partial charge in [-0.3, -0.25) is 14.5 Å². The van der Waals surface area contributed by atoms with Crippen LogP contribution in [0.2, 0.25) is 0 Å². The molecule has 2 aliphatic rings. The zero-order chi connectivity index (χ0) is 20.8. The molecule has 1 saturated heterocycles. The summed E-state index contributed by atoms with van der Waals surface area (Å²) < 4.78 is 5.65. The molecule has 1 atom stereocenters. The number of hydrogen-bond donors (Lipinski definition) is 1. The van der Waals surface area contributed by atoms with E-state index in [2.05, 4.69) is 6.92 Å². The molecule has 1 aromatic carbocycles. The lowest BCUT2D eigenvalue weighted by molar-refractivity contribution is -0.137. The molecule has 0 bridgehead atoms. The lowest BCUT2D eigenvalue weighted by Crippen LogP contribution is -2.40. The molecule has 0 radical (unpaired) electrons. The first-order chi connectivity index (χ1) is 14.1. The number of rotatable bonds is 9. The van der Waals surface area contributed by atoms with E-state index in [1.807, 2.05) is 36.1 Å². The topological polar surface area (TPSA) is 70.1 Å². The van der Waals surface area contributed by atoms with E-state index >= 15 is 0 Å². The van der Waals surface area contributed by atoms with Crippen LogP contribution in [0.15, 0.2) is 30.0 Å². The molecule has 1 unspecified atom stereocenters. The van der Waals surface area contributed by atoms with E-state index in [4.69, 9.17) is 4.74 Å². The van der Waals surface area contributed by atoms with Crippen molar-refractivity contribution < 1.29 is 19.4 Å². The molecule has 0 saturated carbocycles. The molecule has 0 aromatic heterocycles. The van der Waals surface area contributed by atoms with Gasteiger partial charge in [0.05, 0.1) is 12.2 Å². The SMILES string of the molecule is CCCCN1C(=O)C(c2ccc(OCCC)cc2)=C(N2CCCC(CO)C2)C1=O. The standard InChI is InChI=1S/C23H32N2O4/c1-3-5-13-25-22(27)20(18-8-10-19(11-9-18)29-14-4-2)21(23(25)28)24-12-6-7-17(15-24)16-26/h8-11,17,26H,3-7,12-16H2,1-2H3. The second-order valence-corrected chi connectivity index (χ2v) is 7.85. The molecule has 158 valence electrons. The van der Waals surface area contributed by atoms with E-state index in [9.17, 15) is 14.7 Å². The first kappa shape index (κ1) is 21.4. The Morgan fingerprint density at radius 1 is 1.10 bits per heavy atom. The molecule has 1 fully saturated rings. The Balaban J connectivity index is 1.95. The van der Waals surface area contributed by atoms with Crippen molar-refractivity contribution in [1.29, 1.82) is 0 Å². The molecular formula is C23H32N2O4. The number of unbranched alkanes of at least 4 members (excludes halogenated alkanes) is 1. The lowest BCUT2D eigenvalue weighted by Gasteiger charge is -2.34. The number of piperidine rings is 1. The highest BCUT2D eigenvalue weighted by Crippen LogP contribution is 2.34. The number of benzene rings is 1. The van der Waals surface area contributed by atoms with Crippen molar-refractivity contribution in [1.82, 2.24) is 9.80 Å². The zero-order valence-electron chi connectivity index (χ0n) is 17.5. The number of hydrogen-bond acceptors (Lipinski definition) is 5. The van der Waals surface area contributed by atoms with E-state index in [0.717, 1.165) is 50.0 Å². The Kier molecular flexibility index (Phi) is 7.31. The molecule has 1 N–H and O–H groups in total. The fourth-order valence-electron chi connectivity index (χ4n) is 3.99. The molecule has 6 heteroatoms. The number of imide groups is 1. The average Bonchev–Trinajstić information content (AvgIpc) is 3.00. The van der Waals surface area contributed by atoms with Crippen LogP contribution in [0, 0.1) is 5.92 Å². The van der Waals surface area contributed by atoms with Crippen LogP contribution in [0.5, 0.6) is 5.75 Å². The van der Waals surface area contributed by atoms with Gasteiger partial charge in [-0.05, 0) is 49.3 Å². The maximum Gasteiger partial charge on any atom is 0.277 e. The number of aliphatic hydroxyl groups is 1. The Labute approximate surface area is 173 Å². The first-order valence-corrected chi connectivity index (χ1v) is 10.8. The van der Waals surface area contributed by atoms with Crippen LogP contribution in [0.4, 0.5) is 0 Å². The first-order valence-electron chi connectivity index (χ1n) is 10.8. The van der Waals surface area contributed by atoms with Gasteiger partial charge in [0.1, 0.15) is 11.4 Å². The van der Waals surface area contributed by atoms with Crippen molar-refractivity contribution in [3.8, 4) is 5.75 Å². The van der Waals surface area contributed by atoms with Crippen LogP contribution in [0.1, 0.15) is 51.5 Å². The average molecular weight is 401 g/mol. The maximum atomic E-state index is 13.2. The highest BCUT2D eigenvalue weighted by molar-refractivity contribution is 6.35. The van der Waals surface area contributed by atoms with E-state index in [1.165, 1.54) is 4.90 Å². The number of amides is 2. The minimum atomic E-state index is -0.216. The van der Waals surface area contributed by atoms with Gasteiger partial charge in [0, 0.05) is 26.2 Å². The van der Waals surface area contributed by atoms with Crippen molar-refractivity contribution in [2.24, 2.45) is 5.92 Å². The van der Waals surface area contributed by atoms with Gasteiger partial charge in [0.2, 0.25) is 0 Å². The molecule has 2 aliphatic heterocycles. The fraction of sp³-hybridized carbons (Fsp3) is 0.565. The van der Waals surface area contributed by atoms with Crippen molar-refractivity contribution >= 4 is 17.4 Å². The smallest absolute Gasteiger partial charge is 0.277 e. The number of likely N-dealkylation sites (tertiary alicyclic amines) is 1. The Hall–Kier alpha value is -2.34. The monoisotopic (exact) mass is 400 g/mol. The van der Waals surface area contributed by atoms with Crippen LogP contribution >= 0.6 is 0 Å². The van der Waals surface area contributed by atoms with Crippen LogP contribution in [-0.4, -0.2) is 59.6 Å². The normalized spacial score (nSPS) is 20.0. The molecular weight excluding hydrogens is 368 g/mol. The third kappa shape index (κ3) is 4.64. The van der Waals surface area contributed by atoms with Crippen LogP contribution < -0.4 is 4.74 Å². The van der Waals surface area contributed by atoms with Gasteiger partial charge in [-0.15, -0.1) is 0 Å². The summed E-state index contributed by atoms with van der Waals surface area (Å²) in [6.45, 7) is 6.62. The molecule has 2 heterocycles. The minimum absolute atomic E-state index is 0.101. The minimum Gasteiger partial charge on any atom is -0.494 e. The Morgan fingerprint density at radius 3 is 2.52 bits per heavy atom. The van der Waals surface area contributed by atoms with Crippen LogP contribution in [0.25, 0.3) is 5.57 Å². The summed E-state index contributed by atoms with van der Waals surface area (Å²) in [6.07, 6.45) is 4.49. The van der Waals surface area contributed by atoms with Gasteiger partial charge >= 0.3 is 0 Å². The van der Waals surface area contributed by atoms with Crippen LogP contribution in [-0.2, 0) is 9.59 Å². The summed E-state index contributed by atoms with van der Waals surface area (Å²) >= 11 is 0. The third-order valence-electron chi connectivity index (χ3n) is 5.59. The molecule has 6 nitrogen and oxygen atoms in total. The number of nitrogens with zero attached hydrogens (tertiary/aromatic N) is 2. The van der Waals surface area contributed by atoms with E-state index in [0.29, 0.717) is 31.0 Å². The second kappa shape index (κ2) is 9.92. The summed E-state index contributed by atoms with van der Waals surface area (Å²) in [5.74, 6) is 0.473. The predicted molar refractivity (Wildman–Crippen MR) is 112 cm³/mol. The maximum absolute atomic E-state index is 13.2. The molecule has 2 amide bonds. The number of ether oxygens (including phenoxy) is 1. The van der Waals surface area contributed by atoms with E-state index < -0.39 is 0 Å². The van der Waals surface area contributed by atoms with Crippen LogP contribution in [0.3, 0.4) is 0 Å². The number of carbonyl (C=O) groups is 2. The van der Waals surface area contributed by atoms with Crippen molar-refractivity contribution in [2.45, 2.75) is 46.0 Å². The molecule has 1 aromatic rings. The summed E-state index contributed by atoms with van der Waals surface area (Å²) in [5.41, 5.74) is 1.71. The van der Waals surface area contributed by atoms with Crippen molar-refractivity contribution in [3.05, 3.63) is 35.5 Å². The highest BCUT2D eigenvalue weighted by Gasteiger charge is 2.42. The molecule has 0 spiro atoms.